The fourth-order valence-corrected chi connectivity index (χ4v) is 2.81. The van der Waals surface area contributed by atoms with Crippen molar-refractivity contribution in [2.24, 2.45) is 0 Å². The van der Waals surface area contributed by atoms with E-state index in [1.54, 1.807) is 43.4 Å². The molecule has 0 radical (unpaired) electrons. The van der Waals surface area contributed by atoms with Gasteiger partial charge in [0.25, 0.3) is 0 Å². The van der Waals surface area contributed by atoms with Gasteiger partial charge in [-0.3, -0.25) is 9.59 Å². The second-order valence-corrected chi connectivity index (χ2v) is 6.43. The molecule has 0 aliphatic carbocycles. The smallest absolute Gasteiger partial charge is 0.226 e. The van der Waals surface area contributed by atoms with E-state index in [-0.39, 0.29) is 18.2 Å². The first-order valence-electron chi connectivity index (χ1n) is 9.23. The predicted octanol–water partition coefficient (Wildman–Crippen LogP) is 3.00. The summed E-state index contributed by atoms with van der Waals surface area (Å²) in [5, 5.41) is 11.6. The lowest BCUT2D eigenvalue weighted by Gasteiger charge is -2.21. The van der Waals surface area contributed by atoms with Crippen molar-refractivity contribution >= 4 is 17.5 Å². The van der Waals surface area contributed by atoms with Gasteiger partial charge in [0.1, 0.15) is 0 Å². The molecule has 2 aromatic carbocycles. The van der Waals surface area contributed by atoms with Crippen LogP contribution < -0.4 is 14.8 Å². The number of carbonyl (C=O) groups excluding carboxylic acids is 2. The molecule has 152 valence electrons. The van der Waals surface area contributed by atoms with Crippen LogP contribution in [0, 0.1) is 11.3 Å². The number of benzene rings is 2. The zero-order chi connectivity index (χ0) is 21.2. The maximum absolute atomic E-state index is 12.2. The number of nitrogens with one attached hydrogen (secondary N) is 1. The minimum absolute atomic E-state index is 0.0864. The molecule has 0 heterocycles. The van der Waals surface area contributed by atoms with Crippen molar-refractivity contribution in [1.82, 2.24) is 4.90 Å². The van der Waals surface area contributed by atoms with E-state index >= 15 is 0 Å². The van der Waals surface area contributed by atoms with Crippen LogP contribution in [0.4, 0.5) is 5.69 Å². The van der Waals surface area contributed by atoms with Crippen molar-refractivity contribution in [2.45, 2.75) is 19.8 Å². The number of nitrogens with zero attached hydrogens (tertiary/aromatic N) is 2. The predicted molar refractivity (Wildman–Crippen MR) is 110 cm³/mol. The summed E-state index contributed by atoms with van der Waals surface area (Å²) in [5.74, 6) is 1.02. The highest BCUT2D eigenvalue weighted by atomic mass is 16.5. The summed E-state index contributed by atoms with van der Waals surface area (Å²) in [6.45, 7) is 2.31. The zero-order valence-electron chi connectivity index (χ0n) is 16.9. The zero-order valence-corrected chi connectivity index (χ0v) is 16.9. The maximum Gasteiger partial charge on any atom is 0.226 e. The molecule has 0 bridgehead atoms. The van der Waals surface area contributed by atoms with Gasteiger partial charge in [-0.05, 0) is 48.4 Å². The van der Waals surface area contributed by atoms with Crippen LogP contribution in [0.3, 0.4) is 0 Å². The minimum atomic E-state index is -0.188. The molecule has 0 fully saturated rings. The number of amides is 2. The van der Waals surface area contributed by atoms with E-state index in [2.05, 4.69) is 5.32 Å². The molecule has 2 amide bonds. The van der Waals surface area contributed by atoms with Gasteiger partial charge in [-0.15, -0.1) is 0 Å². The van der Waals surface area contributed by atoms with E-state index in [0.717, 1.165) is 5.56 Å². The highest BCUT2D eigenvalue weighted by Crippen LogP contribution is 2.27. The molecule has 29 heavy (non-hydrogen) atoms. The van der Waals surface area contributed by atoms with Crippen molar-refractivity contribution < 1.29 is 19.1 Å². The Morgan fingerprint density at radius 1 is 1.03 bits per heavy atom. The van der Waals surface area contributed by atoms with Gasteiger partial charge in [-0.25, -0.2) is 0 Å². The summed E-state index contributed by atoms with van der Waals surface area (Å²) in [5.41, 5.74) is 2.16. The lowest BCUT2D eigenvalue weighted by molar-refractivity contribution is -0.129. The number of hydrogen-bond acceptors (Lipinski definition) is 5. The molecule has 0 aliphatic rings. The monoisotopic (exact) mass is 395 g/mol. The molecule has 0 spiro atoms. The van der Waals surface area contributed by atoms with Crippen molar-refractivity contribution in [1.29, 1.82) is 5.26 Å². The van der Waals surface area contributed by atoms with E-state index < -0.39 is 0 Å². The fourth-order valence-electron chi connectivity index (χ4n) is 2.81. The van der Waals surface area contributed by atoms with Gasteiger partial charge in [0.05, 0.1) is 25.9 Å². The fraction of sp³-hybridized carbons (Fsp3) is 0.318. The number of methoxy groups -OCH3 is 2. The molecule has 0 aliphatic heterocycles. The summed E-state index contributed by atoms with van der Waals surface area (Å²) < 4.78 is 10.5. The largest absolute Gasteiger partial charge is 0.493 e. The van der Waals surface area contributed by atoms with Gasteiger partial charge < -0.3 is 19.7 Å². The SMILES string of the molecule is COc1ccc(CCN(CCC(=O)Nc2ccc(C#N)cc2)C(C)=O)cc1OC. The van der Waals surface area contributed by atoms with Crippen molar-refractivity contribution in [3.63, 3.8) is 0 Å². The molecular weight excluding hydrogens is 370 g/mol. The Labute approximate surface area is 170 Å². The average Bonchev–Trinajstić information content (AvgIpc) is 2.73. The molecule has 2 rings (SSSR count). The van der Waals surface area contributed by atoms with Crippen LogP contribution in [0.5, 0.6) is 11.5 Å². The summed E-state index contributed by atoms with van der Waals surface area (Å²) >= 11 is 0. The molecule has 0 saturated carbocycles. The average molecular weight is 395 g/mol. The number of anilines is 1. The second kappa shape index (κ2) is 10.7. The standard InChI is InChI=1S/C22H25N3O4/c1-16(26)25(12-10-17-6-9-20(28-2)21(14-17)29-3)13-11-22(27)24-19-7-4-18(15-23)5-8-19/h4-9,14H,10-13H2,1-3H3,(H,24,27). The van der Waals surface area contributed by atoms with E-state index in [9.17, 15) is 9.59 Å². The summed E-state index contributed by atoms with van der Waals surface area (Å²) in [7, 11) is 3.16. The van der Waals surface area contributed by atoms with Crippen LogP contribution in [0.15, 0.2) is 42.5 Å². The normalized spacial score (nSPS) is 10.0. The van der Waals surface area contributed by atoms with Crippen LogP contribution in [0.25, 0.3) is 0 Å². The third-order valence-corrected chi connectivity index (χ3v) is 4.47. The third-order valence-electron chi connectivity index (χ3n) is 4.47. The summed E-state index contributed by atoms with van der Waals surface area (Å²) in [6.07, 6.45) is 0.822. The van der Waals surface area contributed by atoms with Gasteiger partial charge in [0, 0.05) is 32.1 Å². The van der Waals surface area contributed by atoms with Gasteiger partial charge in [0.2, 0.25) is 11.8 Å². The van der Waals surface area contributed by atoms with E-state index in [1.165, 1.54) is 6.92 Å². The topological polar surface area (TPSA) is 91.7 Å². The third kappa shape index (κ3) is 6.54. The number of nitriles is 1. The van der Waals surface area contributed by atoms with Crippen molar-refractivity contribution in [2.75, 3.05) is 32.6 Å². The molecule has 1 N–H and O–H groups in total. The Morgan fingerprint density at radius 2 is 1.72 bits per heavy atom. The quantitative estimate of drug-likeness (QED) is 0.705. The molecule has 7 heteroatoms. The molecule has 0 aromatic heterocycles. The van der Waals surface area contributed by atoms with Gasteiger partial charge in [-0.2, -0.15) is 5.26 Å². The van der Waals surface area contributed by atoms with Crippen LogP contribution in [0.2, 0.25) is 0 Å². The van der Waals surface area contributed by atoms with Crippen LogP contribution in [0.1, 0.15) is 24.5 Å². The Hall–Kier alpha value is -3.53. The van der Waals surface area contributed by atoms with Crippen molar-refractivity contribution in [3.8, 4) is 17.6 Å². The second-order valence-electron chi connectivity index (χ2n) is 6.43. The minimum Gasteiger partial charge on any atom is -0.493 e. The molecule has 0 saturated heterocycles. The first-order valence-corrected chi connectivity index (χ1v) is 9.23. The van der Waals surface area contributed by atoms with Crippen LogP contribution >= 0.6 is 0 Å². The Bertz CT molecular complexity index is 888. The van der Waals surface area contributed by atoms with E-state index in [0.29, 0.717) is 42.3 Å². The number of rotatable bonds is 9. The van der Waals surface area contributed by atoms with E-state index in [4.69, 9.17) is 14.7 Å². The molecular formula is C22H25N3O4. The highest BCUT2D eigenvalue weighted by molar-refractivity contribution is 5.91. The first-order chi connectivity index (χ1) is 14.0. The number of carbonyl (C=O) groups is 2. The van der Waals surface area contributed by atoms with Gasteiger partial charge in [-0.1, -0.05) is 6.07 Å². The molecule has 2 aromatic rings. The lowest BCUT2D eigenvalue weighted by atomic mass is 10.1. The first kappa shape index (κ1) is 21.8. The summed E-state index contributed by atoms with van der Waals surface area (Å²) in [6, 6.07) is 14.3. The Morgan fingerprint density at radius 3 is 2.31 bits per heavy atom. The molecule has 0 unspecified atom stereocenters. The molecule has 0 atom stereocenters. The number of ether oxygens (including phenoxy) is 2. The van der Waals surface area contributed by atoms with Gasteiger partial charge >= 0.3 is 0 Å². The van der Waals surface area contributed by atoms with Crippen molar-refractivity contribution in [3.05, 3.63) is 53.6 Å². The van der Waals surface area contributed by atoms with E-state index in [1.807, 2.05) is 24.3 Å². The number of hydrogen-bond donors (Lipinski definition) is 1. The maximum atomic E-state index is 12.2. The highest BCUT2D eigenvalue weighted by Gasteiger charge is 2.13. The summed E-state index contributed by atoms with van der Waals surface area (Å²) in [4.78, 5) is 25.8. The molecule has 7 nitrogen and oxygen atoms in total. The Kier molecular flexibility index (Phi) is 8.04. The lowest BCUT2D eigenvalue weighted by Crippen LogP contribution is -2.33. The van der Waals surface area contributed by atoms with Crippen LogP contribution in [-0.2, 0) is 16.0 Å². The Balaban J connectivity index is 1.88. The van der Waals surface area contributed by atoms with Gasteiger partial charge in [0.15, 0.2) is 11.5 Å². The van der Waals surface area contributed by atoms with Crippen LogP contribution in [-0.4, -0.2) is 44.0 Å².